The summed E-state index contributed by atoms with van der Waals surface area (Å²) >= 11 is 0. The van der Waals surface area contributed by atoms with Crippen molar-refractivity contribution in [3.8, 4) is 5.75 Å². The number of amides is 1. The molecule has 4 rings (SSSR count). The zero-order valence-electron chi connectivity index (χ0n) is 20.2. The monoisotopic (exact) mass is 492 g/mol. The van der Waals surface area contributed by atoms with Crippen molar-refractivity contribution in [1.29, 1.82) is 0 Å². The van der Waals surface area contributed by atoms with Crippen LogP contribution in [0.3, 0.4) is 0 Å². The lowest BCUT2D eigenvalue weighted by atomic mass is 9.97. The van der Waals surface area contributed by atoms with Crippen molar-refractivity contribution in [2.24, 2.45) is 5.92 Å². The summed E-state index contributed by atoms with van der Waals surface area (Å²) in [4.78, 5) is 13.1. The average molecular weight is 493 g/mol. The van der Waals surface area contributed by atoms with Gasteiger partial charge in [0.2, 0.25) is 15.9 Å². The van der Waals surface area contributed by atoms with Crippen LogP contribution in [-0.2, 0) is 28.0 Å². The number of ether oxygens (including phenoxy) is 1. The third-order valence-electron chi connectivity index (χ3n) is 6.41. The highest BCUT2D eigenvalue weighted by atomic mass is 32.2. The maximum Gasteiger partial charge on any atom is 0.243 e. The van der Waals surface area contributed by atoms with Crippen LogP contribution < -0.4 is 10.1 Å². The van der Waals surface area contributed by atoms with Gasteiger partial charge >= 0.3 is 0 Å². The Balaban J connectivity index is 1.24. The van der Waals surface area contributed by atoms with Gasteiger partial charge in [0.05, 0.1) is 4.90 Å². The summed E-state index contributed by atoms with van der Waals surface area (Å²) in [5.74, 6) is 0.563. The zero-order valence-corrected chi connectivity index (χ0v) is 21.1. The minimum atomic E-state index is -3.55. The Morgan fingerprint density at radius 2 is 1.63 bits per heavy atom. The molecule has 0 saturated carbocycles. The Bertz CT molecular complexity index is 1250. The van der Waals surface area contributed by atoms with E-state index in [2.05, 4.69) is 5.32 Å². The maximum atomic E-state index is 13.1. The molecule has 0 unspecified atom stereocenters. The summed E-state index contributed by atoms with van der Waals surface area (Å²) in [6, 6.07) is 23.1. The van der Waals surface area contributed by atoms with Crippen molar-refractivity contribution < 1.29 is 17.9 Å². The lowest BCUT2D eigenvalue weighted by molar-refractivity contribution is -0.126. The minimum Gasteiger partial charge on any atom is -0.489 e. The van der Waals surface area contributed by atoms with Crippen LogP contribution in [0.5, 0.6) is 5.75 Å². The van der Waals surface area contributed by atoms with Crippen LogP contribution in [0.25, 0.3) is 0 Å². The predicted molar refractivity (Wildman–Crippen MR) is 136 cm³/mol. The molecule has 35 heavy (non-hydrogen) atoms. The van der Waals surface area contributed by atoms with Crippen molar-refractivity contribution in [2.45, 2.75) is 44.7 Å². The molecule has 0 radical (unpaired) electrons. The number of rotatable bonds is 8. The second kappa shape index (κ2) is 11.1. The Kier molecular flexibility index (Phi) is 7.88. The Morgan fingerprint density at radius 1 is 0.943 bits per heavy atom. The van der Waals surface area contributed by atoms with Crippen LogP contribution in [-0.4, -0.2) is 31.7 Å². The van der Waals surface area contributed by atoms with E-state index in [4.69, 9.17) is 4.74 Å². The molecule has 1 heterocycles. The molecule has 0 atom stereocenters. The van der Waals surface area contributed by atoms with Crippen LogP contribution in [0.2, 0.25) is 0 Å². The lowest BCUT2D eigenvalue weighted by Crippen LogP contribution is -2.43. The number of aryl methyl sites for hydroxylation is 2. The van der Waals surface area contributed by atoms with E-state index in [-0.39, 0.29) is 11.8 Å². The van der Waals surface area contributed by atoms with Crippen LogP contribution >= 0.6 is 0 Å². The Labute approximate surface area is 208 Å². The first-order valence-corrected chi connectivity index (χ1v) is 13.4. The fourth-order valence-electron chi connectivity index (χ4n) is 4.36. The molecule has 0 bridgehead atoms. The molecule has 1 amide bonds. The summed E-state index contributed by atoms with van der Waals surface area (Å²) in [5, 5.41) is 3.00. The van der Waals surface area contributed by atoms with E-state index in [0.29, 0.717) is 44.0 Å². The van der Waals surface area contributed by atoms with Gasteiger partial charge in [-0.15, -0.1) is 0 Å². The molecule has 3 aromatic rings. The number of hydrogen-bond donors (Lipinski definition) is 1. The van der Waals surface area contributed by atoms with Gasteiger partial charge in [0.15, 0.2) is 0 Å². The number of carbonyl (C=O) groups excluding carboxylic acids is 1. The van der Waals surface area contributed by atoms with Gasteiger partial charge in [-0.1, -0.05) is 60.2 Å². The van der Waals surface area contributed by atoms with Gasteiger partial charge in [0.1, 0.15) is 12.4 Å². The number of hydrogen-bond acceptors (Lipinski definition) is 4. The normalized spacial score (nSPS) is 15.0. The largest absolute Gasteiger partial charge is 0.489 e. The minimum absolute atomic E-state index is 0.0297. The van der Waals surface area contributed by atoms with Crippen molar-refractivity contribution in [2.75, 3.05) is 13.1 Å². The number of benzene rings is 3. The molecule has 0 aromatic heterocycles. The van der Waals surface area contributed by atoms with E-state index >= 15 is 0 Å². The molecule has 1 aliphatic rings. The zero-order chi connectivity index (χ0) is 24.8. The van der Waals surface area contributed by atoms with Crippen molar-refractivity contribution in [3.05, 3.63) is 95.1 Å². The molecule has 184 valence electrons. The molecular weight excluding hydrogens is 460 g/mol. The molecule has 6 nitrogen and oxygen atoms in total. The Morgan fingerprint density at radius 3 is 2.29 bits per heavy atom. The smallest absolute Gasteiger partial charge is 0.243 e. The Hall–Kier alpha value is -3.16. The van der Waals surface area contributed by atoms with E-state index in [9.17, 15) is 13.2 Å². The highest BCUT2D eigenvalue weighted by molar-refractivity contribution is 7.89. The number of carbonyl (C=O) groups is 1. The first-order chi connectivity index (χ1) is 16.8. The molecule has 1 fully saturated rings. The number of sulfonamides is 1. The standard InChI is InChI=1S/C28H32N2O4S/c1-21-8-13-27(22(2)18-21)35(32,33)30-16-14-25(15-17-30)28(31)29-19-23-9-11-26(12-10-23)34-20-24-6-4-3-5-7-24/h3-13,18,25H,14-17,19-20H2,1-2H3,(H,29,31). The molecule has 1 N–H and O–H groups in total. The summed E-state index contributed by atoms with van der Waals surface area (Å²) < 4.78 is 33.5. The van der Waals surface area contributed by atoms with Gasteiger partial charge in [-0.3, -0.25) is 4.79 Å². The predicted octanol–water partition coefficient (Wildman–Crippen LogP) is 4.60. The van der Waals surface area contributed by atoms with E-state index in [1.54, 1.807) is 6.07 Å². The molecule has 3 aromatic carbocycles. The number of nitrogens with one attached hydrogen (secondary N) is 1. The highest BCUT2D eigenvalue weighted by Gasteiger charge is 2.32. The molecule has 1 aliphatic heterocycles. The van der Waals surface area contributed by atoms with E-state index in [1.165, 1.54) is 4.31 Å². The maximum absolute atomic E-state index is 13.1. The topological polar surface area (TPSA) is 75.7 Å². The average Bonchev–Trinajstić information content (AvgIpc) is 2.87. The first kappa shape index (κ1) is 24.9. The first-order valence-electron chi connectivity index (χ1n) is 11.9. The highest BCUT2D eigenvalue weighted by Crippen LogP contribution is 2.26. The van der Waals surface area contributed by atoms with Gasteiger partial charge in [0.25, 0.3) is 0 Å². The van der Waals surface area contributed by atoms with Crippen molar-refractivity contribution in [1.82, 2.24) is 9.62 Å². The summed E-state index contributed by atoms with van der Waals surface area (Å²) in [5.41, 5.74) is 3.88. The number of nitrogens with zero attached hydrogens (tertiary/aromatic N) is 1. The van der Waals surface area contributed by atoms with Gasteiger partial charge < -0.3 is 10.1 Å². The van der Waals surface area contributed by atoms with Crippen molar-refractivity contribution in [3.63, 3.8) is 0 Å². The molecule has 7 heteroatoms. The van der Waals surface area contributed by atoms with E-state index in [1.807, 2.05) is 80.6 Å². The summed E-state index contributed by atoms with van der Waals surface area (Å²) in [7, 11) is -3.55. The van der Waals surface area contributed by atoms with Gasteiger partial charge in [-0.05, 0) is 61.6 Å². The van der Waals surface area contributed by atoms with Gasteiger partial charge in [-0.25, -0.2) is 8.42 Å². The molecule has 1 saturated heterocycles. The van der Waals surface area contributed by atoms with Crippen LogP contribution in [0.4, 0.5) is 0 Å². The number of piperidine rings is 1. The fraction of sp³-hybridized carbons (Fsp3) is 0.321. The van der Waals surface area contributed by atoms with Crippen LogP contribution in [0.1, 0.15) is 35.1 Å². The third kappa shape index (κ3) is 6.29. The second-order valence-corrected chi connectivity index (χ2v) is 11.0. The summed E-state index contributed by atoms with van der Waals surface area (Å²) in [6.45, 7) is 5.40. The van der Waals surface area contributed by atoms with Gasteiger partial charge in [0, 0.05) is 25.6 Å². The summed E-state index contributed by atoms with van der Waals surface area (Å²) in [6.07, 6.45) is 1.03. The SMILES string of the molecule is Cc1ccc(S(=O)(=O)N2CCC(C(=O)NCc3ccc(OCc4ccccc4)cc3)CC2)c(C)c1. The molecule has 0 aliphatic carbocycles. The lowest BCUT2D eigenvalue weighted by Gasteiger charge is -2.31. The van der Waals surface area contributed by atoms with Crippen LogP contribution in [0, 0.1) is 19.8 Å². The fourth-order valence-corrected chi connectivity index (χ4v) is 6.04. The van der Waals surface area contributed by atoms with Crippen molar-refractivity contribution >= 4 is 15.9 Å². The molecular formula is C28H32N2O4S. The third-order valence-corrected chi connectivity index (χ3v) is 8.47. The second-order valence-electron chi connectivity index (χ2n) is 9.08. The quantitative estimate of drug-likeness (QED) is 0.499. The molecule has 0 spiro atoms. The van der Waals surface area contributed by atoms with Gasteiger partial charge in [-0.2, -0.15) is 4.31 Å². The van der Waals surface area contributed by atoms with E-state index < -0.39 is 10.0 Å². The van der Waals surface area contributed by atoms with Crippen LogP contribution in [0.15, 0.2) is 77.7 Å². The van der Waals surface area contributed by atoms with E-state index in [0.717, 1.165) is 28.0 Å².